The number of carbonyl (C=O) groups excluding carboxylic acids is 2. The molecule has 1 fully saturated rings. The number of hydrogen-bond acceptors (Lipinski definition) is 8. The highest BCUT2D eigenvalue weighted by molar-refractivity contribution is 7.03. The van der Waals surface area contributed by atoms with Gasteiger partial charge >= 0.3 is 12.3 Å². The molecule has 3 N–H and O–H groups in total. The number of amides is 2. The van der Waals surface area contributed by atoms with E-state index in [0.29, 0.717) is 12.1 Å². The lowest BCUT2D eigenvalue weighted by atomic mass is 9.92. The molecule has 1 aliphatic carbocycles. The largest absolute Gasteiger partial charge is 0.447 e. The number of carbonyl (C=O) groups is 2. The standard InChI is InChI=1S/C33H35F5N8O3S/c1-31(2,3)14-15-40-29(39)45(28(47)21-9-7-20(8-10-21)24-11-16-50-44-24)25(18-49-30(48)43-32(12-13-32)33(36,37)38)22-5-4-6-23(17-22)46-27(26(34)35)41-19-42-46/h4-11,16-17,19,25-26H,12-15,18H2,1-3H3,(H2,39,40)(H,43,48)/t25-/m1/s1. The first-order chi connectivity index (χ1) is 23.6. The predicted molar refractivity (Wildman–Crippen MR) is 176 cm³/mol. The second-order valence-corrected chi connectivity index (χ2v) is 13.6. The van der Waals surface area contributed by atoms with Gasteiger partial charge in [0.15, 0.2) is 11.8 Å². The van der Waals surface area contributed by atoms with Crippen molar-refractivity contribution in [2.75, 3.05) is 13.2 Å². The number of benzene rings is 2. The van der Waals surface area contributed by atoms with E-state index in [0.717, 1.165) is 21.5 Å². The zero-order valence-corrected chi connectivity index (χ0v) is 28.1. The van der Waals surface area contributed by atoms with E-state index in [1.165, 1.54) is 35.8 Å². The summed E-state index contributed by atoms with van der Waals surface area (Å²) in [5.74, 6) is -1.58. The van der Waals surface area contributed by atoms with Gasteiger partial charge < -0.3 is 15.8 Å². The molecule has 266 valence electrons. The maximum Gasteiger partial charge on any atom is 0.411 e. The van der Waals surface area contributed by atoms with Gasteiger partial charge in [-0.3, -0.25) is 14.7 Å². The van der Waals surface area contributed by atoms with Crippen LogP contribution in [0.5, 0.6) is 0 Å². The second kappa shape index (κ2) is 14.5. The number of alkyl carbamates (subject to hydrolysis) is 1. The lowest BCUT2D eigenvalue weighted by molar-refractivity contribution is -0.164. The Kier molecular flexibility index (Phi) is 10.5. The number of nitrogens with one attached hydrogen (secondary N) is 1. The van der Waals surface area contributed by atoms with Crippen molar-refractivity contribution in [3.8, 4) is 16.9 Å². The van der Waals surface area contributed by atoms with E-state index in [1.807, 2.05) is 37.5 Å². The Labute approximate surface area is 288 Å². The number of aliphatic imine (C=N–C) groups is 1. The molecular formula is C33H35F5N8O3S. The smallest absolute Gasteiger partial charge is 0.411 e. The van der Waals surface area contributed by atoms with Crippen LogP contribution in [0, 0.1) is 5.41 Å². The molecule has 1 aliphatic rings. The monoisotopic (exact) mass is 718 g/mol. The van der Waals surface area contributed by atoms with Gasteiger partial charge in [-0.1, -0.05) is 45.0 Å². The van der Waals surface area contributed by atoms with E-state index in [2.05, 4.69) is 19.4 Å². The molecule has 5 rings (SSSR count). The van der Waals surface area contributed by atoms with Crippen molar-refractivity contribution in [3.05, 3.63) is 83.3 Å². The minimum absolute atomic E-state index is 0.127. The highest BCUT2D eigenvalue weighted by Crippen LogP contribution is 2.49. The molecule has 2 aromatic heterocycles. The van der Waals surface area contributed by atoms with Gasteiger partial charge in [-0.15, -0.1) is 0 Å². The third-order valence-corrected chi connectivity index (χ3v) is 8.61. The van der Waals surface area contributed by atoms with Crippen molar-refractivity contribution in [1.82, 2.24) is 29.4 Å². The van der Waals surface area contributed by atoms with E-state index in [1.54, 1.807) is 24.3 Å². The summed E-state index contributed by atoms with van der Waals surface area (Å²) in [7, 11) is 0. The number of halogens is 5. The Bertz CT molecular complexity index is 1820. The molecule has 2 amide bonds. The molecule has 0 bridgehead atoms. The summed E-state index contributed by atoms with van der Waals surface area (Å²) in [4.78, 5) is 36.3. The van der Waals surface area contributed by atoms with Gasteiger partial charge in [-0.25, -0.2) is 23.2 Å². The average Bonchev–Trinajstić information content (AvgIpc) is 3.43. The fraction of sp³-hybridized carbons (Fsp3) is 0.394. The van der Waals surface area contributed by atoms with Crippen LogP contribution in [-0.2, 0) is 4.74 Å². The number of hydrogen-bond donors (Lipinski definition) is 2. The van der Waals surface area contributed by atoms with Gasteiger partial charge in [0.1, 0.15) is 18.5 Å². The van der Waals surface area contributed by atoms with Crippen molar-refractivity contribution in [3.63, 3.8) is 0 Å². The first-order valence-electron chi connectivity index (χ1n) is 15.5. The third kappa shape index (κ3) is 8.43. The molecule has 11 nitrogen and oxygen atoms in total. The Morgan fingerprint density at radius 3 is 2.44 bits per heavy atom. The number of ether oxygens (including phenoxy) is 1. The number of alkyl halides is 5. The lowest BCUT2D eigenvalue weighted by Gasteiger charge is -2.32. The molecule has 1 saturated carbocycles. The van der Waals surface area contributed by atoms with E-state index >= 15 is 0 Å². The maximum atomic E-state index is 14.4. The minimum atomic E-state index is -4.70. The second-order valence-electron chi connectivity index (χ2n) is 12.9. The van der Waals surface area contributed by atoms with Crippen molar-refractivity contribution in [2.45, 2.75) is 64.2 Å². The fourth-order valence-corrected chi connectivity index (χ4v) is 5.57. The summed E-state index contributed by atoms with van der Waals surface area (Å²) >= 11 is 1.26. The van der Waals surface area contributed by atoms with Crippen molar-refractivity contribution < 1.29 is 36.3 Å². The number of guanidine groups is 1. The maximum absolute atomic E-state index is 14.4. The van der Waals surface area contributed by atoms with Gasteiger partial charge in [-0.2, -0.15) is 22.6 Å². The highest BCUT2D eigenvalue weighted by Gasteiger charge is 2.64. The SMILES string of the molecule is CC(C)(C)CCN=C(N)N(C(=O)c1ccc(-c2ccsn2)cc1)[C@H](COC(=O)NC1(C(F)(F)F)CC1)c1cccc(-n2ncnc2C(F)F)c1. The zero-order chi connectivity index (χ0) is 36.3. The predicted octanol–water partition coefficient (Wildman–Crippen LogP) is 7.08. The summed E-state index contributed by atoms with van der Waals surface area (Å²) in [6, 6.07) is 12.9. The summed E-state index contributed by atoms with van der Waals surface area (Å²) in [5.41, 5.74) is 5.93. The van der Waals surface area contributed by atoms with E-state index in [9.17, 15) is 31.5 Å². The number of aromatic nitrogens is 4. The molecule has 17 heteroatoms. The van der Waals surface area contributed by atoms with Crippen LogP contribution in [0.2, 0.25) is 0 Å². The van der Waals surface area contributed by atoms with Gasteiger partial charge in [0.25, 0.3) is 12.3 Å². The average molecular weight is 719 g/mol. The van der Waals surface area contributed by atoms with E-state index in [-0.39, 0.29) is 47.6 Å². The summed E-state index contributed by atoms with van der Waals surface area (Å²) in [5, 5.41) is 7.61. The van der Waals surface area contributed by atoms with Gasteiger partial charge in [0.2, 0.25) is 0 Å². The molecule has 2 heterocycles. The minimum Gasteiger partial charge on any atom is -0.447 e. The third-order valence-electron chi connectivity index (χ3n) is 8.05. The quantitative estimate of drug-likeness (QED) is 0.0959. The molecule has 4 aromatic rings. The Morgan fingerprint density at radius 1 is 1.12 bits per heavy atom. The van der Waals surface area contributed by atoms with Gasteiger partial charge in [0, 0.05) is 23.1 Å². The first-order valence-corrected chi connectivity index (χ1v) is 16.4. The molecule has 0 aliphatic heterocycles. The molecule has 0 saturated heterocycles. The highest BCUT2D eigenvalue weighted by atomic mass is 32.1. The van der Waals surface area contributed by atoms with Gasteiger partial charge in [0.05, 0.1) is 17.4 Å². The number of rotatable bonds is 11. The molecule has 1 atom stereocenters. The van der Waals surface area contributed by atoms with E-state index < -0.39 is 48.6 Å². The molecule has 2 aromatic carbocycles. The molecule has 0 spiro atoms. The topological polar surface area (TPSA) is 141 Å². The fourth-order valence-electron chi connectivity index (χ4n) is 5.04. The first kappa shape index (κ1) is 36.4. The van der Waals surface area contributed by atoms with Crippen molar-refractivity contribution >= 4 is 29.5 Å². The van der Waals surface area contributed by atoms with Crippen LogP contribution in [0.25, 0.3) is 16.9 Å². The number of nitrogens with two attached hydrogens (primary N) is 1. The van der Waals surface area contributed by atoms with Crippen molar-refractivity contribution in [2.24, 2.45) is 16.1 Å². The van der Waals surface area contributed by atoms with Gasteiger partial charge in [-0.05, 0) is 72.1 Å². The van der Waals surface area contributed by atoms with Crippen LogP contribution < -0.4 is 11.1 Å². The normalized spacial score (nSPS) is 15.1. The van der Waals surface area contributed by atoms with E-state index in [4.69, 9.17) is 10.5 Å². The van der Waals surface area contributed by atoms with Crippen LogP contribution in [0.3, 0.4) is 0 Å². The molecule has 50 heavy (non-hydrogen) atoms. The van der Waals surface area contributed by atoms with Crippen LogP contribution in [0.15, 0.2) is 71.3 Å². The van der Waals surface area contributed by atoms with Crippen LogP contribution in [-0.4, -0.2) is 66.9 Å². The summed E-state index contributed by atoms with van der Waals surface area (Å²) < 4.78 is 78.9. The lowest BCUT2D eigenvalue weighted by Crippen LogP contribution is -2.49. The molecule has 0 unspecified atom stereocenters. The Morgan fingerprint density at radius 2 is 1.84 bits per heavy atom. The van der Waals surface area contributed by atoms with Crippen LogP contribution >= 0.6 is 11.5 Å². The Balaban J connectivity index is 1.55. The van der Waals surface area contributed by atoms with Crippen LogP contribution in [0.1, 0.15) is 74.2 Å². The molecular weight excluding hydrogens is 683 g/mol. The Hall–Kier alpha value is -4.93. The summed E-state index contributed by atoms with van der Waals surface area (Å²) in [6.07, 6.45) is -8.11. The van der Waals surface area contributed by atoms with Crippen LogP contribution in [0.4, 0.5) is 26.7 Å². The molecule has 0 radical (unpaired) electrons. The summed E-state index contributed by atoms with van der Waals surface area (Å²) in [6.45, 7) is 5.52. The number of nitrogens with zero attached hydrogens (tertiary/aromatic N) is 6. The van der Waals surface area contributed by atoms with Crippen molar-refractivity contribution in [1.29, 1.82) is 0 Å². The zero-order valence-electron chi connectivity index (χ0n) is 27.3.